The molecule has 1 atom stereocenters. The highest BCUT2D eigenvalue weighted by Gasteiger charge is 2.20. The molecule has 0 spiro atoms. The molecule has 6 heteroatoms. The summed E-state index contributed by atoms with van der Waals surface area (Å²) >= 11 is 0. The minimum absolute atomic E-state index is 0.103. The summed E-state index contributed by atoms with van der Waals surface area (Å²) in [6.07, 6.45) is 0. The molecule has 0 aliphatic carbocycles. The quantitative estimate of drug-likeness (QED) is 0.888. The summed E-state index contributed by atoms with van der Waals surface area (Å²) in [4.78, 5) is -0.103. The van der Waals surface area contributed by atoms with E-state index in [4.69, 9.17) is 4.74 Å². The van der Waals surface area contributed by atoms with Crippen LogP contribution in [0, 0.1) is 5.82 Å². The van der Waals surface area contributed by atoms with Crippen molar-refractivity contribution in [2.75, 3.05) is 6.61 Å². The van der Waals surface area contributed by atoms with Gasteiger partial charge in [-0.1, -0.05) is 24.3 Å². The highest BCUT2D eigenvalue weighted by atomic mass is 32.2. The van der Waals surface area contributed by atoms with Crippen molar-refractivity contribution in [2.45, 2.75) is 24.8 Å². The Kier molecular flexibility index (Phi) is 5.15. The van der Waals surface area contributed by atoms with Crippen LogP contribution in [0.4, 0.5) is 4.39 Å². The molecule has 4 nitrogen and oxygen atoms in total. The number of rotatable bonds is 6. The van der Waals surface area contributed by atoms with E-state index in [1.807, 2.05) is 19.1 Å². The van der Waals surface area contributed by atoms with Gasteiger partial charge in [0.25, 0.3) is 0 Å². The molecule has 0 aliphatic heterocycles. The number of ether oxygens (including phenoxy) is 1. The molecule has 0 radical (unpaired) electrons. The number of sulfonamides is 1. The number of halogens is 1. The average Bonchev–Trinajstić information content (AvgIpc) is 2.47. The molecule has 1 unspecified atom stereocenters. The topological polar surface area (TPSA) is 55.4 Å². The molecule has 0 aliphatic rings. The fourth-order valence-electron chi connectivity index (χ4n) is 2.12. The molecule has 22 heavy (non-hydrogen) atoms. The standard InChI is InChI=1S/C16H18FNO3S/c1-3-21-16-10-5-4-9-15(16)12(2)18-22(19,20)14-8-6-7-13(17)11-14/h4-12,18H,3H2,1-2H3. The summed E-state index contributed by atoms with van der Waals surface area (Å²) in [5.74, 6) is 0.0321. The fourth-order valence-corrected chi connectivity index (χ4v) is 3.38. The maximum atomic E-state index is 13.2. The van der Waals surface area contributed by atoms with Crippen LogP contribution < -0.4 is 9.46 Å². The van der Waals surface area contributed by atoms with Crippen LogP contribution in [0.25, 0.3) is 0 Å². The van der Waals surface area contributed by atoms with Gasteiger partial charge in [-0.15, -0.1) is 0 Å². The van der Waals surface area contributed by atoms with E-state index in [9.17, 15) is 12.8 Å². The molecule has 118 valence electrons. The monoisotopic (exact) mass is 323 g/mol. The van der Waals surface area contributed by atoms with Gasteiger partial charge in [0.15, 0.2) is 0 Å². The smallest absolute Gasteiger partial charge is 0.241 e. The van der Waals surface area contributed by atoms with Crippen LogP contribution in [0.2, 0.25) is 0 Å². The van der Waals surface area contributed by atoms with Crippen molar-refractivity contribution in [3.05, 3.63) is 59.9 Å². The van der Waals surface area contributed by atoms with E-state index < -0.39 is 21.9 Å². The maximum Gasteiger partial charge on any atom is 0.241 e. The second kappa shape index (κ2) is 6.89. The van der Waals surface area contributed by atoms with Gasteiger partial charge in [0, 0.05) is 11.6 Å². The first-order valence-electron chi connectivity index (χ1n) is 6.93. The molecular weight excluding hydrogens is 305 g/mol. The van der Waals surface area contributed by atoms with Gasteiger partial charge in [-0.2, -0.15) is 0 Å². The molecule has 0 amide bonds. The van der Waals surface area contributed by atoms with E-state index in [-0.39, 0.29) is 4.90 Å². The molecular formula is C16H18FNO3S. The number of para-hydroxylation sites is 1. The van der Waals surface area contributed by atoms with Crippen LogP contribution in [0.15, 0.2) is 53.4 Å². The minimum Gasteiger partial charge on any atom is -0.494 e. The van der Waals surface area contributed by atoms with Crippen molar-refractivity contribution in [3.8, 4) is 5.75 Å². The van der Waals surface area contributed by atoms with E-state index in [2.05, 4.69) is 4.72 Å². The molecule has 2 aromatic rings. The lowest BCUT2D eigenvalue weighted by atomic mass is 10.1. The second-order valence-corrected chi connectivity index (χ2v) is 6.49. The Morgan fingerprint density at radius 1 is 1.18 bits per heavy atom. The zero-order valence-corrected chi connectivity index (χ0v) is 13.2. The Morgan fingerprint density at radius 3 is 2.59 bits per heavy atom. The Hall–Kier alpha value is -1.92. The van der Waals surface area contributed by atoms with Crippen LogP contribution in [-0.2, 0) is 10.0 Å². The second-order valence-electron chi connectivity index (χ2n) is 4.77. The van der Waals surface area contributed by atoms with Crippen molar-refractivity contribution in [1.82, 2.24) is 4.72 Å². The normalized spacial score (nSPS) is 12.9. The predicted molar refractivity (Wildman–Crippen MR) is 82.7 cm³/mol. The lowest BCUT2D eigenvalue weighted by Gasteiger charge is -2.18. The average molecular weight is 323 g/mol. The van der Waals surface area contributed by atoms with Gasteiger partial charge < -0.3 is 4.74 Å². The van der Waals surface area contributed by atoms with Crippen LogP contribution >= 0.6 is 0 Å². The van der Waals surface area contributed by atoms with Crippen molar-refractivity contribution < 1.29 is 17.5 Å². The van der Waals surface area contributed by atoms with Gasteiger partial charge in [-0.25, -0.2) is 17.5 Å². The van der Waals surface area contributed by atoms with Gasteiger partial charge in [0.05, 0.1) is 11.5 Å². The van der Waals surface area contributed by atoms with Gasteiger partial charge in [0.1, 0.15) is 11.6 Å². The van der Waals surface area contributed by atoms with Gasteiger partial charge >= 0.3 is 0 Å². The molecule has 1 N–H and O–H groups in total. The number of hydrogen-bond donors (Lipinski definition) is 1. The highest BCUT2D eigenvalue weighted by Crippen LogP contribution is 2.26. The molecule has 2 rings (SSSR count). The summed E-state index contributed by atoms with van der Waals surface area (Å²) in [6, 6.07) is 11.6. The third-order valence-electron chi connectivity index (χ3n) is 3.12. The van der Waals surface area contributed by atoms with Crippen LogP contribution in [0.1, 0.15) is 25.5 Å². The zero-order valence-electron chi connectivity index (χ0n) is 12.4. The van der Waals surface area contributed by atoms with Crippen LogP contribution in [-0.4, -0.2) is 15.0 Å². The molecule has 2 aromatic carbocycles. The molecule has 0 bridgehead atoms. The third-order valence-corrected chi connectivity index (χ3v) is 4.66. The van der Waals surface area contributed by atoms with E-state index >= 15 is 0 Å². The number of nitrogens with one attached hydrogen (secondary N) is 1. The first kappa shape index (κ1) is 16.5. The number of hydrogen-bond acceptors (Lipinski definition) is 3. The fraction of sp³-hybridized carbons (Fsp3) is 0.250. The van der Waals surface area contributed by atoms with E-state index in [1.54, 1.807) is 19.1 Å². The molecule has 0 aromatic heterocycles. The first-order valence-corrected chi connectivity index (χ1v) is 8.42. The molecule has 0 saturated carbocycles. The predicted octanol–water partition coefficient (Wildman–Crippen LogP) is 3.26. The van der Waals surface area contributed by atoms with Gasteiger partial charge in [-0.3, -0.25) is 0 Å². The van der Waals surface area contributed by atoms with E-state index in [1.165, 1.54) is 18.2 Å². The largest absolute Gasteiger partial charge is 0.494 e. The Morgan fingerprint density at radius 2 is 1.91 bits per heavy atom. The minimum atomic E-state index is -3.81. The highest BCUT2D eigenvalue weighted by molar-refractivity contribution is 7.89. The molecule has 0 heterocycles. The van der Waals surface area contributed by atoms with Crippen molar-refractivity contribution in [2.24, 2.45) is 0 Å². The zero-order chi connectivity index (χ0) is 16.2. The summed E-state index contributed by atoms with van der Waals surface area (Å²) in [5.41, 5.74) is 0.726. The van der Waals surface area contributed by atoms with Gasteiger partial charge in [-0.05, 0) is 38.1 Å². The lowest BCUT2D eigenvalue weighted by Crippen LogP contribution is -2.27. The van der Waals surface area contributed by atoms with Crippen molar-refractivity contribution >= 4 is 10.0 Å². The van der Waals surface area contributed by atoms with E-state index in [0.717, 1.165) is 11.6 Å². The molecule has 0 fully saturated rings. The SMILES string of the molecule is CCOc1ccccc1C(C)NS(=O)(=O)c1cccc(F)c1. The van der Waals surface area contributed by atoms with Crippen LogP contribution in [0.3, 0.4) is 0 Å². The van der Waals surface area contributed by atoms with Gasteiger partial charge in [0.2, 0.25) is 10.0 Å². The Balaban J connectivity index is 2.26. The third kappa shape index (κ3) is 3.84. The maximum absolute atomic E-state index is 13.2. The van der Waals surface area contributed by atoms with E-state index in [0.29, 0.717) is 12.4 Å². The number of benzene rings is 2. The summed E-state index contributed by atoms with van der Waals surface area (Å²) < 4.78 is 45.9. The van der Waals surface area contributed by atoms with Crippen LogP contribution in [0.5, 0.6) is 5.75 Å². The molecule has 0 saturated heterocycles. The summed E-state index contributed by atoms with van der Waals surface area (Å²) in [5, 5.41) is 0. The lowest BCUT2D eigenvalue weighted by molar-refractivity contribution is 0.334. The summed E-state index contributed by atoms with van der Waals surface area (Å²) in [6.45, 7) is 4.06. The Bertz CT molecular complexity index is 747. The summed E-state index contributed by atoms with van der Waals surface area (Å²) in [7, 11) is -3.81. The van der Waals surface area contributed by atoms with Crippen molar-refractivity contribution in [1.29, 1.82) is 0 Å². The Labute approximate surface area is 130 Å². The van der Waals surface area contributed by atoms with Crippen molar-refractivity contribution in [3.63, 3.8) is 0 Å². The first-order chi connectivity index (χ1) is 10.4.